The molecule has 0 saturated carbocycles. The summed E-state index contributed by atoms with van der Waals surface area (Å²) in [6.07, 6.45) is 0.846. The van der Waals surface area contributed by atoms with E-state index in [9.17, 15) is 4.39 Å². The largest absolute Gasteiger partial charge is 0.491 e. The third-order valence-electron chi connectivity index (χ3n) is 4.04. The number of nitrogens with zero attached hydrogens (tertiary/aromatic N) is 1. The lowest BCUT2D eigenvalue weighted by Gasteiger charge is -2.12. The van der Waals surface area contributed by atoms with Crippen molar-refractivity contribution in [1.82, 2.24) is 0 Å². The second-order valence-corrected chi connectivity index (χ2v) is 5.86. The molecule has 0 saturated heterocycles. The van der Waals surface area contributed by atoms with Crippen molar-refractivity contribution < 1.29 is 18.6 Å². The summed E-state index contributed by atoms with van der Waals surface area (Å²) >= 11 is 0. The zero-order valence-electron chi connectivity index (χ0n) is 13.9. The SMILES string of the molecule is I.NC(=NC1COc2ccc(F)cc21)Nc1ccc2c(c1)OCCCO2. The van der Waals surface area contributed by atoms with E-state index in [0.29, 0.717) is 42.6 Å². The monoisotopic (exact) mass is 471 g/mol. The molecular weight excluding hydrogens is 452 g/mol. The Morgan fingerprint density at radius 3 is 2.65 bits per heavy atom. The molecule has 26 heavy (non-hydrogen) atoms. The highest BCUT2D eigenvalue weighted by Gasteiger charge is 2.24. The van der Waals surface area contributed by atoms with Gasteiger partial charge in [0.15, 0.2) is 17.5 Å². The van der Waals surface area contributed by atoms with Crippen LogP contribution in [0, 0.1) is 5.82 Å². The summed E-state index contributed by atoms with van der Waals surface area (Å²) in [4.78, 5) is 4.40. The molecule has 6 nitrogen and oxygen atoms in total. The molecule has 2 aliphatic rings. The van der Waals surface area contributed by atoms with Crippen molar-refractivity contribution in [3.8, 4) is 17.2 Å². The van der Waals surface area contributed by atoms with Gasteiger partial charge in [-0.25, -0.2) is 9.38 Å². The van der Waals surface area contributed by atoms with E-state index in [0.717, 1.165) is 12.1 Å². The molecule has 1 unspecified atom stereocenters. The Hall–Kier alpha value is -2.23. The molecule has 0 amide bonds. The summed E-state index contributed by atoms with van der Waals surface area (Å²) in [5.41, 5.74) is 7.44. The molecule has 0 spiro atoms. The Morgan fingerprint density at radius 2 is 1.81 bits per heavy atom. The zero-order valence-corrected chi connectivity index (χ0v) is 16.2. The number of halogens is 2. The molecular formula is C18H19FIN3O3. The molecule has 0 bridgehead atoms. The van der Waals surface area contributed by atoms with Crippen molar-refractivity contribution in [3.63, 3.8) is 0 Å². The van der Waals surface area contributed by atoms with Crippen LogP contribution in [0.1, 0.15) is 18.0 Å². The van der Waals surface area contributed by atoms with Gasteiger partial charge in [0.05, 0.1) is 13.2 Å². The first-order valence-electron chi connectivity index (χ1n) is 8.11. The third kappa shape index (κ3) is 3.95. The minimum Gasteiger partial charge on any atom is -0.491 e. The molecule has 0 fully saturated rings. The van der Waals surface area contributed by atoms with E-state index in [1.54, 1.807) is 6.07 Å². The average molecular weight is 471 g/mol. The van der Waals surface area contributed by atoms with E-state index in [4.69, 9.17) is 19.9 Å². The summed E-state index contributed by atoms with van der Waals surface area (Å²) in [5.74, 6) is 1.93. The Morgan fingerprint density at radius 1 is 1.04 bits per heavy atom. The van der Waals surface area contributed by atoms with Crippen LogP contribution in [0.25, 0.3) is 0 Å². The van der Waals surface area contributed by atoms with Crippen LogP contribution < -0.4 is 25.3 Å². The lowest BCUT2D eigenvalue weighted by Crippen LogP contribution is -2.23. The Kier molecular flexibility index (Phi) is 5.70. The molecule has 2 heterocycles. The summed E-state index contributed by atoms with van der Waals surface area (Å²) < 4.78 is 30.2. The molecule has 0 aromatic heterocycles. The van der Waals surface area contributed by atoms with Crippen LogP contribution in [0.15, 0.2) is 41.4 Å². The lowest BCUT2D eigenvalue weighted by molar-refractivity contribution is 0.297. The van der Waals surface area contributed by atoms with Gasteiger partial charge in [-0.05, 0) is 30.3 Å². The van der Waals surface area contributed by atoms with Gasteiger partial charge in [-0.2, -0.15) is 0 Å². The number of benzene rings is 2. The van der Waals surface area contributed by atoms with E-state index in [-0.39, 0.29) is 41.8 Å². The van der Waals surface area contributed by atoms with E-state index >= 15 is 0 Å². The van der Waals surface area contributed by atoms with Gasteiger partial charge < -0.3 is 25.3 Å². The Bertz CT molecular complexity index is 831. The predicted molar refractivity (Wildman–Crippen MR) is 107 cm³/mol. The second kappa shape index (κ2) is 7.98. The van der Waals surface area contributed by atoms with Gasteiger partial charge in [0.25, 0.3) is 0 Å². The van der Waals surface area contributed by atoms with Gasteiger partial charge in [-0.15, -0.1) is 24.0 Å². The third-order valence-corrected chi connectivity index (χ3v) is 4.04. The summed E-state index contributed by atoms with van der Waals surface area (Å²) in [6, 6.07) is 9.56. The van der Waals surface area contributed by atoms with Crippen molar-refractivity contribution in [2.75, 3.05) is 25.1 Å². The maximum Gasteiger partial charge on any atom is 0.193 e. The van der Waals surface area contributed by atoms with E-state index in [2.05, 4.69) is 10.3 Å². The number of nitrogens with two attached hydrogens (primary N) is 1. The maximum absolute atomic E-state index is 13.4. The van der Waals surface area contributed by atoms with Crippen LogP contribution in [-0.4, -0.2) is 25.8 Å². The van der Waals surface area contributed by atoms with Crippen LogP contribution in [0.2, 0.25) is 0 Å². The highest BCUT2D eigenvalue weighted by molar-refractivity contribution is 14.0. The van der Waals surface area contributed by atoms with E-state index in [1.807, 2.05) is 18.2 Å². The number of hydrogen-bond acceptors (Lipinski definition) is 4. The van der Waals surface area contributed by atoms with Crippen molar-refractivity contribution in [1.29, 1.82) is 0 Å². The number of guanidine groups is 1. The van der Waals surface area contributed by atoms with Gasteiger partial charge >= 0.3 is 0 Å². The molecule has 0 aliphatic carbocycles. The summed E-state index contributed by atoms with van der Waals surface area (Å²) in [5, 5.41) is 3.03. The van der Waals surface area contributed by atoms with Crippen molar-refractivity contribution >= 4 is 35.6 Å². The van der Waals surface area contributed by atoms with Crippen LogP contribution in [0.4, 0.5) is 10.1 Å². The van der Waals surface area contributed by atoms with Gasteiger partial charge in [-0.1, -0.05) is 0 Å². The molecule has 8 heteroatoms. The Balaban J connectivity index is 0.00000196. The normalized spacial score (nSPS) is 18.2. The average Bonchev–Trinajstić information content (AvgIpc) is 2.83. The van der Waals surface area contributed by atoms with E-state index in [1.165, 1.54) is 12.1 Å². The first kappa shape index (κ1) is 18.6. The number of aliphatic imine (C=N–C) groups is 1. The fraction of sp³-hybridized carbons (Fsp3) is 0.278. The maximum atomic E-state index is 13.4. The first-order chi connectivity index (χ1) is 12.2. The number of ether oxygens (including phenoxy) is 3. The highest BCUT2D eigenvalue weighted by atomic mass is 127. The fourth-order valence-corrected chi connectivity index (χ4v) is 2.87. The highest BCUT2D eigenvalue weighted by Crippen LogP contribution is 2.35. The topological polar surface area (TPSA) is 78.1 Å². The molecule has 0 radical (unpaired) electrons. The lowest BCUT2D eigenvalue weighted by atomic mass is 10.1. The molecule has 2 aliphatic heterocycles. The van der Waals surface area contributed by atoms with Gasteiger partial charge in [0, 0.05) is 23.7 Å². The summed E-state index contributed by atoms with van der Waals surface area (Å²) in [7, 11) is 0. The number of fused-ring (bicyclic) bond motifs is 2. The van der Waals surface area contributed by atoms with Crippen molar-refractivity contribution in [2.24, 2.45) is 10.7 Å². The van der Waals surface area contributed by atoms with Crippen molar-refractivity contribution in [2.45, 2.75) is 12.5 Å². The molecule has 138 valence electrons. The van der Waals surface area contributed by atoms with Crippen LogP contribution in [0.5, 0.6) is 17.2 Å². The fourth-order valence-electron chi connectivity index (χ4n) is 2.87. The number of hydrogen-bond donors (Lipinski definition) is 2. The number of rotatable bonds is 2. The molecule has 2 aromatic rings. The number of nitrogens with one attached hydrogen (secondary N) is 1. The molecule has 1 atom stereocenters. The Labute approximate surface area is 167 Å². The predicted octanol–water partition coefficient (Wildman–Crippen LogP) is 3.47. The second-order valence-electron chi connectivity index (χ2n) is 5.86. The van der Waals surface area contributed by atoms with Gasteiger partial charge in [0.1, 0.15) is 24.2 Å². The van der Waals surface area contributed by atoms with Crippen LogP contribution >= 0.6 is 24.0 Å². The smallest absolute Gasteiger partial charge is 0.193 e. The minimum atomic E-state index is -0.335. The standard InChI is InChI=1S/C18H18FN3O3.HI/c19-11-2-4-15-13(8-11)14(10-25-15)22-18(20)21-12-3-5-16-17(9-12)24-7-1-6-23-16;/h2-5,8-9,14H,1,6-7,10H2,(H3,20,21,22);1H. The van der Waals surface area contributed by atoms with Crippen LogP contribution in [0.3, 0.4) is 0 Å². The van der Waals surface area contributed by atoms with Crippen molar-refractivity contribution in [3.05, 3.63) is 47.8 Å². The zero-order chi connectivity index (χ0) is 17.2. The van der Waals surface area contributed by atoms with E-state index < -0.39 is 0 Å². The molecule has 4 rings (SSSR count). The minimum absolute atomic E-state index is 0. The summed E-state index contributed by atoms with van der Waals surface area (Å²) in [6.45, 7) is 1.59. The molecule has 3 N–H and O–H groups in total. The molecule has 2 aromatic carbocycles. The quantitative estimate of drug-likeness (QED) is 0.399. The first-order valence-corrected chi connectivity index (χ1v) is 8.11. The number of anilines is 1. The van der Waals surface area contributed by atoms with Gasteiger partial charge in [0.2, 0.25) is 0 Å². The van der Waals surface area contributed by atoms with Crippen LogP contribution in [-0.2, 0) is 0 Å². The van der Waals surface area contributed by atoms with Gasteiger partial charge in [-0.3, -0.25) is 0 Å².